The van der Waals surface area contributed by atoms with E-state index >= 15 is 0 Å². The molecule has 2 aliphatic rings. The first kappa shape index (κ1) is 12.6. The zero-order chi connectivity index (χ0) is 12.6. The summed E-state index contributed by atoms with van der Waals surface area (Å²) in [6.45, 7) is 3.13. The lowest BCUT2D eigenvalue weighted by molar-refractivity contribution is -0.146. The van der Waals surface area contributed by atoms with Crippen molar-refractivity contribution >= 4 is 11.3 Å². The van der Waals surface area contributed by atoms with E-state index in [1.54, 1.807) is 0 Å². The van der Waals surface area contributed by atoms with E-state index in [-0.39, 0.29) is 11.6 Å². The van der Waals surface area contributed by atoms with Crippen molar-refractivity contribution in [3.8, 4) is 0 Å². The summed E-state index contributed by atoms with van der Waals surface area (Å²) in [4.78, 5) is 1.42. The van der Waals surface area contributed by atoms with Gasteiger partial charge < -0.3 is 10.5 Å². The highest BCUT2D eigenvalue weighted by molar-refractivity contribution is 7.10. The zero-order valence-electron chi connectivity index (χ0n) is 11.2. The largest absolute Gasteiger partial charge is 0.375 e. The Morgan fingerprint density at radius 1 is 1.56 bits per heavy atom. The Morgan fingerprint density at radius 2 is 2.39 bits per heavy atom. The maximum Gasteiger partial charge on any atom is 0.0686 e. The highest BCUT2D eigenvalue weighted by Gasteiger charge is 2.44. The monoisotopic (exact) mass is 265 g/mol. The smallest absolute Gasteiger partial charge is 0.0686 e. The van der Waals surface area contributed by atoms with E-state index in [1.807, 2.05) is 11.3 Å². The van der Waals surface area contributed by atoms with Gasteiger partial charge in [0.2, 0.25) is 0 Å². The Balaban J connectivity index is 1.73. The molecule has 18 heavy (non-hydrogen) atoms. The summed E-state index contributed by atoms with van der Waals surface area (Å²) in [7, 11) is 0. The SMILES string of the molecule is CCc1ccsc1C(N)C1CCOC2(CCC2)C1. The van der Waals surface area contributed by atoms with Gasteiger partial charge in [-0.1, -0.05) is 6.92 Å². The molecular formula is C15H23NOS. The Kier molecular flexibility index (Phi) is 3.48. The molecule has 1 saturated heterocycles. The minimum absolute atomic E-state index is 0.212. The van der Waals surface area contributed by atoms with Crippen LogP contribution in [0.1, 0.15) is 55.5 Å². The molecule has 0 bridgehead atoms. The quantitative estimate of drug-likeness (QED) is 0.905. The van der Waals surface area contributed by atoms with Gasteiger partial charge in [-0.15, -0.1) is 11.3 Å². The molecule has 3 heteroatoms. The van der Waals surface area contributed by atoms with E-state index in [2.05, 4.69) is 18.4 Å². The molecule has 0 aromatic carbocycles. The van der Waals surface area contributed by atoms with Crippen LogP contribution in [0.15, 0.2) is 11.4 Å². The van der Waals surface area contributed by atoms with Gasteiger partial charge in [0.1, 0.15) is 0 Å². The van der Waals surface area contributed by atoms with Crippen LogP contribution in [0.5, 0.6) is 0 Å². The van der Waals surface area contributed by atoms with Gasteiger partial charge in [0.05, 0.1) is 5.60 Å². The number of aryl methyl sites for hydroxylation is 1. The molecule has 2 N–H and O–H groups in total. The van der Waals surface area contributed by atoms with Crippen molar-refractivity contribution in [2.75, 3.05) is 6.61 Å². The number of ether oxygens (including phenoxy) is 1. The fourth-order valence-corrected chi connectivity index (χ4v) is 4.53. The summed E-state index contributed by atoms with van der Waals surface area (Å²) in [6, 6.07) is 2.46. The predicted molar refractivity (Wildman–Crippen MR) is 75.9 cm³/mol. The lowest BCUT2D eigenvalue weighted by atomic mass is 9.70. The summed E-state index contributed by atoms with van der Waals surface area (Å²) < 4.78 is 6.00. The van der Waals surface area contributed by atoms with Crippen molar-refractivity contribution in [2.24, 2.45) is 11.7 Å². The molecule has 1 aromatic heterocycles. The van der Waals surface area contributed by atoms with Gasteiger partial charge in [-0.05, 0) is 61.5 Å². The molecule has 2 unspecified atom stereocenters. The molecule has 1 aliphatic carbocycles. The van der Waals surface area contributed by atoms with E-state index in [0.717, 1.165) is 19.4 Å². The maximum atomic E-state index is 6.55. The molecular weight excluding hydrogens is 242 g/mol. The van der Waals surface area contributed by atoms with Gasteiger partial charge in [0, 0.05) is 17.5 Å². The highest BCUT2D eigenvalue weighted by Crippen LogP contribution is 2.47. The van der Waals surface area contributed by atoms with Crippen LogP contribution in [0.25, 0.3) is 0 Å². The predicted octanol–water partition coefficient (Wildman–Crippen LogP) is 3.66. The lowest BCUT2D eigenvalue weighted by Crippen LogP contribution is -2.47. The van der Waals surface area contributed by atoms with Crippen molar-refractivity contribution in [3.63, 3.8) is 0 Å². The third-order valence-electron chi connectivity index (χ3n) is 4.77. The van der Waals surface area contributed by atoms with Crippen LogP contribution in [0.2, 0.25) is 0 Å². The van der Waals surface area contributed by atoms with E-state index in [1.165, 1.54) is 36.1 Å². The van der Waals surface area contributed by atoms with Crippen LogP contribution in [0.3, 0.4) is 0 Å². The number of thiophene rings is 1. The molecule has 0 radical (unpaired) electrons. The standard InChI is InChI=1S/C15H23NOS/c1-2-11-5-9-18-14(11)13(16)12-4-8-17-15(10-12)6-3-7-15/h5,9,12-13H,2-4,6-8,10,16H2,1H3. The molecule has 100 valence electrons. The molecule has 2 atom stereocenters. The van der Waals surface area contributed by atoms with E-state index in [0.29, 0.717) is 5.92 Å². The van der Waals surface area contributed by atoms with Crippen LogP contribution in [0, 0.1) is 5.92 Å². The summed E-state index contributed by atoms with van der Waals surface area (Å²) in [5.41, 5.74) is 8.20. The fourth-order valence-electron chi connectivity index (χ4n) is 3.44. The second-order valence-electron chi connectivity index (χ2n) is 5.83. The molecule has 1 aliphatic heterocycles. The minimum atomic E-state index is 0.212. The lowest BCUT2D eigenvalue weighted by Gasteiger charge is -2.48. The van der Waals surface area contributed by atoms with Gasteiger partial charge in [-0.3, -0.25) is 0 Å². The molecule has 1 spiro atoms. The van der Waals surface area contributed by atoms with Gasteiger partial charge in [-0.2, -0.15) is 0 Å². The first-order valence-corrected chi connectivity index (χ1v) is 8.08. The van der Waals surface area contributed by atoms with Crippen molar-refractivity contribution in [1.82, 2.24) is 0 Å². The van der Waals surface area contributed by atoms with Gasteiger partial charge in [0.25, 0.3) is 0 Å². The first-order valence-electron chi connectivity index (χ1n) is 7.20. The molecule has 0 amide bonds. The molecule has 1 aromatic rings. The fraction of sp³-hybridized carbons (Fsp3) is 0.733. The van der Waals surface area contributed by atoms with Crippen molar-refractivity contribution in [1.29, 1.82) is 0 Å². The average molecular weight is 265 g/mol. The molecule has 2 nitrogen and oxygen atoms in total. The van der Waals surface area contributed by atoms with E-state index in [9.17, 15) is 0 Å². The molecule has 1 saturated carbocycles. The molecule has 3 rings (SSSR count). The first-order chi connectivity index (χ1) is 8.74. The highest BCUT2D eigenvalue weighted by atomic mass is 32.1. The summed E-state index contributed by atoms with van der Waals surface area (Å²) in [5.74, 6) is 0.614. The number of hydrogen-bond acceptors (Lipinski definition) is 3. The topological polar surface area (TPSA) is 35.2 Å². The Morgan fingerprint density at radius 3 is 3.06 bits per heavy atom. The average Bonchev–Trinajstić information content (AvgIpc) is 2.84. The van der Waals surface area contributed by atoms with Crippen LogP contribution < -0.4 is 5.73 Å². The van der Waals surface area contributed by atoms with Crippen LogP contribution in [-0.4, -0.2) is 12.2 Å². The third-order valence-corrected chi connectivity index (χ3v) is 5.83. The zero-order valence-corrected chi connectivity index (χ0v) is 12.0. The second kappa shape index (κ2) is 4.95. The Hall–Kier alpha value is -0.380. The van der Waals surface area contributed by atoms with Crippen molar-refractivity contribution < 1.29 is 4.74 Å². The summed E-state index contributed by atoms with van der Waals surface area (Å²) in [5, 5.41) is 2.19. The number of nitrogens with two attached hydrogens (primary N) is 1. The van der Waals surface area contributed by atoms with E-state index in [4.69, 9.17) is 10.5 Å². The van der Waals surface area contributed by atoms with Gasteiger partial charge >= 0.3 is 0 Å². The van der Waals surface area contributed by atoms with Gasteiger partial charge in [-0.25, -0.2) is 0 Å². The van der Waals surface area contributed by atoms with Crippen molar-refractivity contribution in [3.05, 3.63) is 21.9 Å². The summed E-state index contributed by atoms with van der Waals surface area (Å²) >= 11 is 1.84. The third kappa shape index (κ3) is 2.13. The number of hydrogen-bond donors (Lipinski definition) is 1. The second-order valence-corrected chi connectivity index (χ2v) is 6.78. The summed E-state index contributed by atoms with van der Waals surface area (Å²) in [6.07, 6.45) is 7.24. The van der Waals surface area contributed by atoms with Gasteiger partial charge in [0.15, 0.2) is 0 Å². The van der Waals surface area contributed by atoms with Crippen LogP contribution >= 0.6 is 11.3 Å². The normalized spacial score (nSPS) is 28.0. The maximum absolute atomic E-state index is 6.55. The van der Waals surface area contributed by atoms with Crippen molar-refractivity contribution in [2.45, 2.75) is 57.1 Å². The van der Waals surface area contributed by atoms with Crippen LogP contribution in [-0.2, 0) is 11.2 Å². The molecule has 2 heterocycles. The minimum Gasteiger partial charge on any atom is -0.375 e. The van der Waals surface area contributed by atoms with Crippen LogP contribution in [0.4, 0.5) is 0 Å². The number of rotatable bonds is 3. The Labute approximate surface area is 114 Å². The molecule has 2 fully saturated rings. The Bertz CT molecular complexity index is 410. The van der Waals surface area contributed by atoms with E-state index < -0.39 is 0 Å².